The molecule has 0 saturated carbocycles. The monoisotopic (exact) mass is 2090 g/mol. The van der Waals surface area contributed by atoms with E-state index >= 15 is 105 Å². The Hall–Kier alpha value is -7.80. The second-order valence-corrected chi connectivity index (χ2v) is 31.9. The molecule has 2 aromatic carbocycles. The molecular formula is C60H37F63N2O5Si. The Morgan fingerprint density at radius 1 is 0.305 bits per heavy atom. The topological polar surface area (TPSA) is 84.9 Å². The lowest BCUT2D eigenvalue weighted by Crippen LogP contribution is -2.77. The molecule has 1 N–H and O–H groups in total. The highest BCUT2D eigenvalue weighted by Crippen LogP contribution is 2.72. The minimum Gasteiger partial charge on any atom is -0.463 e. The lowest BCUT2D eigenvalue weighted by Gasteiger charge is -2.45. The van der Waals surface area contributed by atoms with E-state index in [9.17, 15) is 186 Å². The van der Waals surface area contributed by atoms with Crippen molar-refractivity contribution in [2.75, 3.05) is 19.8 Å². The first kappa shape index (κ1) is 117. The van der Waals surface area contributed by atoms with Crippen molar-refractivity contribution in [3.05, 3.63) is 77.0 Å². The Bertz CT molecular complexity index is 4100. The van der Waals surface area contributed by atoms with Crippen LogP contribution in [0.3, 0.4) is 0 Å². The van der Waals surface area contributed by atoms with Gasteiger partial charge in [-0.2, -0.15) is 277 Å². The number of rotatable bonds is 42. The second kappa shape index (κ2) is 33.9. The largest absolute Gasteiger partial charge is 0.463 e. The zero-order valence-corrected chi connectivity index (χ0v) is 62.1. The minimum atomic E-state index is -10.3. The number of carbonyl (C=O) groups is 3. The third kappa shape index (κ3) is 16.9. The summed E-state index contributed by atoms with van der Waals surface area (Å²) in [5, 5.41) is -0.688. The van der Waals surface area contributed by atoms with Crippen molar-refractivity contribution < 1.29 is 300 Å². The number of hydrogen-bond donors (Lipinski definition) is 1. The van der Waals surface area contributed by atoms with E-state index in [1.54, 1.807) is 0 Å². The molecule has 7 nitrogen and oxygen atoms in total. The predicted molar refractivity (Wildman–Crippen MR) is 300 cm³/mol. The van der Waals surface area contributed by atoms with E-state index in [2.05, 4.69) is 10.1 Å². The molecule has 1 heterocycles. The molecular weight excluding hydrogens is 2050 g/mol. The van der Waals surface area contributed by atoms with Crippen LogP contribution in [0.15, 0.2) is 65.9 Å². The molecule has 2 aromatic rings. The van der Waals surface area contributed by atoms with Gasteiger partial charge in [-0.3, -0.25) is 4.90 Å². The molecule has 0 saturated heterocycles. The summed E-state index contributed by atoms with van der Waals surface area (Å²) in [6.45, 7) is -1.09. The van der Waals surface area contributed by atoms with E-state index in [0.29, 0.717) is 4.90 Å². The smallest absolute Gasteiger partial charge is 0.460 e. The first-order valence-electron chi connectivity index (χ1n) is 32.8. The van der Waals surface area contributed by atoms with Gasteiger partial charge >= 0.3 is 196 Å². The standard InChI is InChI=1S/C60H37F63N2O5Si/c1-3-25-26(29(127)129-4-2)27(22-8-6-5-7-9-22)124-30(128)125(25)17-18-130-28(126)23-10-12-24(13-11-23)131(19-14-31(61,62)34(67,68)37(73,74)40(79,80)43(85,86)46(91,92)49(97,98)52(103,104)55(109,110)58(115,116)117,20-15-32(63,64)35(69,70)38(75,76)41(81,82)44(87,88)47(93,94)50(99,100)53(105,106)56(111,112)59(118,119)120)21-16-33(65,66)36(71,72)39(77,78)42(83,84)45(89,90)48(95,96)51(101,102)54(107,108)57(113,114)60(121,122)123/h5-13,27H,3-4,14-21H2,1-2H3,(H,124,128). The van der Waals surface area contributed by atoms with Gasteiger partial charge in [0.25, 0.3) is 0 Å². The molecule has 762 valence electrons. The number of benzene rings is 2. The molecule has 2 amide bonds. The number of halogens is 63. The van der Waals surface area contributed by atoms with Gasteiger partial charge in [0.1, 0.15) is 6.61 Å². The summed E-state index contributed by atoms with van der Waals surface area (Å²) >= 11 is 0. The molecule has 1 unspecified atom stereocenters. The van der Waals surface area contributed by atoms with E-state index in [-0.39, 0.29) is 5.56 Å². The lowest BCUT2D eigenvalue weighted by molar-refractivity contribution is -0.474. The number of esters is 2. The van der Waals surface area contributed by atoms with Crippen molar-refractivity contribution in [1.29, 1.82) is 0 Å². The molecule has 3 rings (SSSR count). The molecule has 1 aliphatic heterocycles. The number of ether oxygens (including phenoxy) is 2. The van der Waals surface area contributed by atoms with E-state index in [1.165, 1.54) is 30.3 Å². The van der Waals surface area contributed by atoms with Crippen LogP contribution >= 0.6 is 0 Å². The fourth-order valence-corrected chi connectivity index (χ4v) is 16.0. The average molecular weight is 2090 g/mol. The molecule has 0 aromatic heterocycles. The van der Waals surface area contributed by atoms with Crippen molar-refractivity contribution in [3.63, 3.8) is 0 Å². The fourth-order valence-electron chi connectivity index (χ4n) is 11.2. The number of amides is 2. The molecule has 0 spiro atoms. The normalized spacial score (nSPS) is 17.2. The number of alkyl halides is 63. The Morgan fingerprint density at radius 3 is 0.756 bits per heavy atom. The van der Waals surface area contributed by atoms with Crippen LogP contribution in [0.2, 0.25) is 18.1 Å². The number of allylic oxidation sites excluding steroid dienone is 1. The van der Waals surface area contributed by atoms with Crippen LogP contribution < -0.4 is 10.5 Å². The van der Waals surface area contributed by atoms with Crippen molar-refractivity contribution in [1.82, 2.24) is 10.2 Å². The third-order valence-corrected chi connectivity index (χ3v) is 24.3. The van der Waals surface area contributed by atoms with Gasteiger partial charge < -0.3 is 14.8 Å². The third-order valence-electron chi connectivity index (χ3n) is 19.2. The first-order valence-corrected chi connectivity index (χ1v) is 35.4. The van der Waals surface area contributed by atoms with Gasteiger partial charge in [0.05, 0.1) is 38.4 Å². The predicted octanol–water partition coefficient (Wildman–Crippen LogP) is 25.5. The first-order chi connectivity index (χ1) is 57.0. The van der Waals surface area contributed by atoms with Crippen LogP contribution in [0.5, 0.6) is 0 Å². The van der Waals surface area contributed by atoms with Gasteiger partial charge in [-0.15, -0.1) is 0 Å². The van der Waals surface area contributed by atoms with E-state index in [1.807, 2.05) is 0 Å². The minimum absolute atomic E-state index is 0.0161. The van der Waals surface area contributed by atoms with Crippen LogP contribution in [0.4, 0.5) is 281 Å². The average Bonchev–Trinajstić information content (AvgIpc) is 0.691. The fraction of sp³-hybridized carbons (Fsp3) is 0.717. The maximum Gasteiger partial charge on any atom is 0.460 e. The zero-order valence-electron chi connectivity index (χ0n) is 61.1. The van der Waals surface area contributed by atoms with Crippen molar-refractivity contribution in [2.24, 2.45) is 0 Å². The molecule has 1 atom stereocenters. The summed E-state index contributed by atoms with van der Waals surface area (Å²) in [4.78, 5) is 40.6. The van der Waals surface area contributed by atoms with Gasteiger partial charge in [-0.1, -0.05) is 54.6 Å². The van der Waals surface area contributed by atoms with Crippen LogP contribution in [-0.4, -0.2) is 229 Å². The number of nitrogens with one attached hydrogen (secondary N) is 1. The maximum atomic E-state index is 16.1. The highest BCUT2D eigenvalue weighted by atomic mass is 28.3. The van der Waals surface area contributed by atoms with Gasteiger partial charge in [0.2, 0.25) is 0 Å². The van der Waals surface area contributed by atoms with E-state index in [4.69, 9.17) is 4.74 Å². The molecule has 71 heteroatoms. The molecule has 0 fully saturated rings. The van der Waals surface area contributed by atoms with Crippen molar-refractivity contribution in [3.8, 4) is 0 Å². The summed E-state index contributed by atoms with van der Waals surface area (Å²) in [6, 6.07) is -13.1. The Morgan fingerprint density at radius 2 is 0.534 bits per heavy atom. The Kier molecular flexibility index (Phi) is 30.3. The molecule has 0 aliphatic carbocycles. The highest BCUT2D eigenvalue weighted by Gasteiger charge is 3.02. The van der Waals surface area contributed by atoms with E-state index < -0.39 is 320 Å². The van der Waals surface area contributed by atoms with E-state index in [0.717, 1.165) is 13.8 Å². The maximum absolute atomic E-state index is 16.1. The van der Waals surface area contributed by atoms with Gasteiger partial charge in [0, 0.05) is 25.0 Å². The van der Waals surface area contributed by atoms with Crippen LogP contribution in [0.1, 0.15) is 61.5 Å². The molecule has 0 bridgehead atoms. The number of urea groups is 1. The summed E-state index contributed by atoms with van der Waals surface area (Å²) in [5.74, 6) is -269. The van der Waals surface area contributed by atoms with Gasteiger partial charge in [-0.25, -0.2) is 14.4 Å². The second-order valence-electron chi connectivity index (χ2n) is 27.3. The van der Waals surface area contributed by atoms with Crippen molar-refractivity contribution in [2.45, 2.75) is 242 Å². The number of carbonyl (C=O) groups excluding carboxylic acids is 3. The molecule has 1 aliphatic rings. The SMILES string of the molecule is CCOC(=O)C1=C(CC)N(CCOC(=O)c2ccc([Si](CCC(F)(F)C(F)(F)C(F)(F)C(F)(F)C(F)(F)C(F)(F)C(F)(F)C(F)(F)C(F)(F)C(F)(F)F)(CCC(F)(F)C(F)(F)C(F)(F)C(F)(F)C(F)(F)C(F)(F)C(F)(F)C(F)(F)C(F)(F)C(F)(F)F)CCC(F)(F)C(F)(F)C(F)(F)C(F)(F)C(F)(F)C(F)(F)C(F)(F)C(F)(F)C(F)(F)C(F)(F)F)cc2)C(=O)NC1c1ccccc1. The lowest BCUT2D eigenvalue weighted by atomic mass is 9.86. The summed E-state index contributed by atoms with van der Waals surface area (Å²) in [7, 11) is -8.49. The molecule has 0 radical (unpaired) electrons. The molecule has 131 heavy (non-hydrogen) atoms. The summed E-state index contributed by atoms with van der Waals surface area (Å²) < 4.78 is 923. The van der Waals surface area contributed by atoms with Gasteiger partial charge in [0.15, 0.2) is 0 Å². The van der Waals surface area contributed by atoms with Crippen molar-refractivity contribution >= 4 is 31.2 Å². The number of nitrogens with zero attached hydrogens (tertiary/aromatic N) is 1. The summed E-state index contributed by atoms with van der Waals surface area (Å²) in [5.41, 5.74) is -2.87. The van der Waals surface area contributed by atoms with Crippen LogP contribution in [0, 0.1) is 0 Å². The Labute approximate surface area is 680 Å². The van der Waals surface area contributed by atoms with Crippen LogP contribution in [0.25, 0.3) is 0 Å². The Balaban J connectivity index is 2.75. The van der Waals surface area contributed by atoms with Gasteiger partial charge in [-0.05, 0) is 49.2 Å². The zero-order chi connectivity index (χ0) is 105. The summed E-state index contributed by atoms with van der Waals surface area (Å²) in [6.07, 6.45) is -41.9. The highest BCUT2D eigenvalue weighted by molar-refractivity contribution is 6.92. The van der Waals surface area contributed by atoms with Crippen LogP contribution in [-0.2, 0) is 14.3 Å². The quantitative estimate of drug-likeness (QED) is 0.0407. The number of hydrogen-bond acceptors (Lipinski definition) is 5.